The predicted octanol–water partition coefficient (Wildman–Crippen LogP) is 0.571. The molecule has 8 heteroatoms. The SMILES string of the molecule is CC[n+]1cc(/N=C(\[O-])CSc2nc(C)cc(C)n2)on1. The van der Waals surface area contributed by atoms with Crippen LogP contribution < -0.4 is 9.79 Å². The van der Waals surface area contributed by atoms with E-state index in [0.717, 1.165) is 11.4 Å². The van der Waals surface area contributed by atoms with Crippen molar-refractivity contribution in [3.63, 3.8) is 0 Å². The van der Waals surface area contributed by atoms with E-state index in [1.807, 2.05) is 26.8 Å². The van der Waals surface area contributed by atoms with Gasteiger partial charge in [0, 0.05) is 17.1 Å². The maximum absolute atomic E-state index is 11.7. The van der Waals surface area contributed by atoms with E-state index in [9.17, 15) is 5.11 Å². The number of aliphatic imine (C=N–C) groups is 1. The summed E-state index contributed by atoms with van der Waals surface area (Å²) in [5.74, 6) is 0.0614. The van der Waals surface area contributed by atoms with Crippen molar-refractivity contribution in [3.8, 4) is 0 Å². The molecule has 2 aromatic heterocycles. The van der Waals surface area contributed by atoms with Crippen LogP contribution in [0.1, 0.15) is 18.3 Å². The number of aryl methyl sites for hydroxylation is 3. The van der Waals surface area contributed by atoms with Crippen LogP contribution in [0.4, 0.5) is 5.88 Å². The molecule has 2 aromatic rings. The van der Waals surface area contributed by atoms with Crippen LogP contribution in [-0.4, -0.2) is 26.9 Å². The Hall–Kier alpha value is -1.96. The molecule has 2 heterocycles. The summed E-state index contributed by atoms with van der Waals surface area (Å²) in [5.41, 5.74) is 1.76. The van der Waals surface area contributed by atoms with Gasteiger partial charge in [0.2, 0.25) is 5.27 Å². The van der Waals surface area contributed by atoms with Gasteiger partial charge in [-0.3, -0.25) is 4.52 Å². The molecule has 0 amide bonds. The highest BCUT2D eigenvalue weighted by molar-refractivity contribution is 7.99. The third-order valence-electron chi connectivity index (χ3n) is 2.34. The standard InChI is InChI=1S/C12H15N5O2S/c1-4-17-6-11(19-16-17)15-10(18)7-20-12-13-8(2)5-9(3)14-12/h5-6H,4,7H2,1-3H3. The van der Waals surface area contributed by atoms with Crippen molar-refractivity contribution >= 4 is 23.5 Å². The van der Waals surface area contributed by atoms with Crippen molar-refractivity contribution in [2.24, 2.45) is 4.99 Å². The number of hydrogen-bond donors (Lipinski definition) is 0. The lowest BCUT2D eigenvalue weighted by molar-refractivity contribution is -0.759. The molecule has 0 unspecified atom stereocenters. The van der Waals surface area contributed by atoms with Crippen LogP contribution in [-0.2, 0) is 6.54 Å². The van der Waals surface area contributed by atoms with E-state index in [0.29, 0.717) is 11.7 Å². The Morgan fingerprint density at radius 3 is 2.70 bits per heavy atom. The van der Waals surface area contributed by atoms with Gasteiger partial charge in [0.1, 0.15) is 0 Å². The Morgan fingerprint density at radius 1 is 1.40 bits per heavy atom. The normalized spacial score (nSPS) is 11.8. The van der Waals surface area contributed by atoms with Crippen LogP contribution in [0.2, 0.25) is 0 Å². The molecule has 106 valence electrons. The Balaban J connectivity index is 1.99. The average molecular weight is 293 g/mol. The van der Waals surface area contributed by atoms with E-state index in [1.54, 1.807) is 10.9 Å². The Kier molecular flexibility index (Phi) is 4.67. The lowest BCUT2D eigenvalue weighted by Crippen LogP contribution is -2.32. The van der Waals surface area contributed by atoms with E-state index in [1.165, 1.54) is 11.8 Å². The van der Waals surface area contributed by atoms with Gasteiger partial charge in [-0.2, -0.15) is 0 Å². The van der Waals surface area contributed by atoms with Gasteiger partial charge in [-0.15, -0.1) is 0 Å². The lowest BCUT2D eigenvalue weighted by Gasteiger charge is -2.08. The van der Waals surface area contributed by atoms with Crippen molar-refractivity contribution in [2.75, 3.05) is 5.75 Å². The van der Waals surface area contributed by atoms with E-state index in [-0.39, 0.29) is 17.5 Å². The lowest BCUT2D eigenvalue weighted by atomic mass is 10.4. The molecule has 7 nitrogen and oxygen atoms in total. The summed E-state index contributed by atoms with van der Waals surface area (Å²) in [5, 5.41) is 16.0. The Labute approximate surface area is 120 Å². The summed E-state index contributed by atoms with van der Waals surface area (Å²) < 4.78 is 6.46. The second kappa shape index (κ2) is 6.47. The molecule has 0 aliphatic rings. The van der Waals surface area contributed by atoms with Crippen molar-refractivity contribution in [1.29, 1.82) is 0 Å². The first kappa shape index (κ1) is 14.4. The van der Waals surface area contributed by atoms with Crippen LogP contribution in [0.15, 0.2) is 26.9 Å². The Bertz CT molecular complexity index is 606. The second-order valence-electron chi connectivity index (χ2n) is 4.12. The highest BCUT2D eigenvalue weighted by atomic mass is 32.2. The number of rotatable bonds is 5. The van der Waals surface area contributed by atoms with E-state index in [4.69, 9.17) is 4.52 Å². The summed E-state index contributed by atoms with van der Waals surface area (Å²) in [4.78, 5) is 12.3. The van der Waals surface area contributed by atoms with Gasteiger partial charge in [-0.05, 0) is 32.7 Å². The topological polar surface area (TPSA) is 91.1 Å². The van der Waals surface area contributed by atoms with Crippen LogP contribution in [0.3, 0.4) is 0 Å². The van der Waals surface area contributed by atoms with Crippen molar-refractivity contribution in [3.05, 3.63) is 23.7 Å². The fourth-order valence-electron chi connectivity index (χ4n) is 1.51. The molecule has 0 N–H and O–H groups in total. The van der Waals surface area contributed by atoms with Gasteiger partial charge in [0.25, 0.3) is 6.20 Å². The minimum absolute atomic E-state index is 0.162. The molecule has 20 heavy (non-hydrogen) atoms. The van der Waals surface area contributed by atoms with Gasteiger partial charge in [-0.1, -0.05) is 16.4 Å². The fraction of sp³-hybridized carbons (Fsp3) is 0.417. The van der Waals surface area contributed by atoms with Crippen LogP contribution in [0.25, 0.3) is 0 Å². The summed E-state index contributed by atoms with van der Waals surface area (Å²) in [6.45, 7) is 6.37. The highest BCUT2D eigenvalue weighted by Gasteiger charge is 2.07. The fourth-order valence-corrected chi connectivity index (χ4v) is 2.24. The zero-order valence-electron chi connectivity index (χ0n) is 11.5. The van der Waals surface area contributed by atoms with Gasteiger partial charge in [-0.25, -0.2) is 15.0 Å². The number of aromatic nitrogens is 4. The van der Waals surface area contributed by atoms with Gasteiger partial charge in [0.15, 0.2) is 11.7 Å². The molecule has 0 aromatic carbocycles. The smallest absolute Gasteiger partial charge is 0.320 e. The Morgan fingerprint density at radius 2 is 2.10 bits per heavy atom. The van der Waals surface area contributed by atoms with Crippen molar-refractivity contribution in [2.45, 2.75) is 32.5 Å². The largest absolute Gasteiger partial charge is 0.861 e. The van der Waals surface area contributed by atoms with Crippen molar-refractivity contribution < 1.29 is 14.3 Å². The van der Waals surface area contributed by atoms with E-state index < -0.39 is 0 Å². The molecule has 0 radical (unpaired) electrons. The average Bonchev–Trinajstić information content (AvgIpc) is 2.83. The first-order valence-electron chi connectivity index (χ1n) is 6.13. The number of thioether (sulfide) groups is 1. The molecule has 0 atom stereocenters. The molecular weight excluding hydrogens is 278 g/mol. The van der Waals surface area contributed by atoms with Crippen LogP contribution >= 0.6 is 11.8 Å². The zero-order chi connectivity index (χ0) is 14.5. The molecule has 0 saturated heterocycles. The summed E-state index contributed by atoms with van der Waals surface area (Å²) in [6.07, 6.45) is 1.58. The first-order chi connectivity index (χ1) is 9.56. The molecule has 0 aliphatic heterocycles. The molecular formula is C12H15N5O2S. The maximum atomic E-state index is 11.7. The summed E-state index contributed by atoms with van der Waals surface area (Å²) in [6, 6.07) is 1.88. The molecule has 0 bridgehead atoms. The van der Waals surface area contributed by atoms with E-state index >= 15 is 0 Å². The maximum Gasteiger partial charge on any atom is 0.320 e. The summed E-state index contributed by atoms with van der Waals surface area (Å²) in [7, 11) is 0. The summed E-state index contributed by atoms with van der Waals surface area (Å²) >= 11 is 1.25. The molecule has 0 aliphatic carbocycles. The quantitative estimate of drug-likeness (QED) is 0.263. The molecule has 0 fully saturated rings. The van der Waals surface area contributed by atoms with Crippen molar-refractivity contribution in [1.82, 2.24) is 15.2 Å². The number of hydrogen-bond acceptors (Lipinski definition) is 7. The van der Waals surface area contributed by atoms with Gasteiger partial charge >= 0.3 is 5.88 Å². The zero-order valence-corrected chi connectivity index (χ0v) is 12.3. The first-order valence-corrected chi connectivity index (χ1v) is 7.11. The van der Waals surface area contributed by atoms with Gasteiger partial charge < -0.3 is 5.11 Å². The third-order valence-corrected chi connectivity index (χ3v) is 3.18. The minimum Gasteiger partial charge on any atom is -0.861 e. The third kappa shape index (κ3) is 4.02. The predicted molar refractivity (Wildman–Crippen MR) is 71.7 cm³/mol. The van der Waals surface area contributed by atoms with Crippen LogP contribution in [0, 0.1) is 13.8 Å². The van der Waals surface area contributed by atoms with Crippen LogP contribution in [0.5, 0.6) is 0 Å². The molecule has 0 spiro atoms. The molecule has 2 rings (SSSR count). The van der Waals surface area contributed by atoms with E-state index in [2.05, 4.69) is 20.2 Å². The monoisotopic (exact) mass is 293 g/mol. The number of nitrogens with zero attached hydrogens (tertiary/aromatic N) is 5. The highest BCUT2D eigenvalue weighted by Crippen LogP contribution is 2.14. The van der Waals surface area contributed by atoms with Gasteiger partial charge in [0.05, 0.1) is 0 Å². The second-order valence-corrected chi connectivity index (χ2v) is 5.07. The molecule has 0 saturated carbocycles. The minimum atomic E-state index is -0.308.